The topological polar surface area (TPSA) is 90.2 Å². The van der Waals surface area contributed by atoms with Gasteiger partial charge in [0.15, 0.2) is 0 Å². The first-order valence-corrected chi connectivity index (χ1v) is 4.38. The van der Waals surface area contributed by atoms with Gasteiger partial charge in [0.2, 0.25) is 5.91 Å². The standard InChI is InChI=1S/C9H14N2O3/c1-6(7(2)9(13)14)8(12)11-5-3-4-10/h6-7H,3,5H2,1-2H3,(H,11,12)(H,13,14). The number of carbonyl (C=O) groups is 2. The number of hydrogen-bond donors (Lipinski definition) is 2. The number of carboxylic acid groups (broad SMARTS) is 1. The number of amides is 1. The molecule has 5 nitrogen and oxygen atoms in total. The van der Waals surface area contributed by atoms with E-state index in [4.69, 9.17) is 10.4 Å². The quantitative estimate of drug-likeness (QED) is 0.624. The van der Waals surface area contributed by atoms with Crippen molar-refractivity contribution in [3.63, 3.8) is 0 Å². The lowest BCUT2D eigenvalue weighted by Crippen LogP contribution is -2.35. The average molecular weight is 198 g/mol. The number of aliphatic carboxylic acids is 1. The molecule has 1 amide bonds. The lowest BCUT2D eigenvalue weighted by Gasteiger charge is -2.14. The molecule has 0 aromatic rings. The smallest absolute Gasteiger partial charge is 0.307 e. The average Bonchev–Trinajstić information content (AvgIpc) is 2.15. The Bertz CT molecular complexity index is 257. The van der Waals surface area contributed by atoms with Crippen molar-refractivity contribution in [2.75, 3.05) is 6.54 Å². The molecule has 0 saturated heterocycles. The molecule has 14 heavy (non-hydrogen) atoms. The predicted octanol–water partition coefficient (Wildman–Crippen LogP) is 0.373. The van der Waals surface area contributed by atoms with Crippen molar-refractivity contribution in [3.8, 4) is 6.07 Å². The normalized spacial score (nSPS) is 13.8. The second-order valence-corrected chi connectivity index (χ2v) is 3.11. The Balaban J connectivity index is 4.00. The van der Waals surface area contributed by atoms with Gasteiger partial charge in [-0.05, 0) is 0 Å². The second kappa shape index (κ2) is 5.97. The number of carbonyl (C=O) groups excluding carboxylic acids is 1. The van der Waals surface area contributed by atoms with Gasteiger partial charge in [-0.3, -0.25) is 9.59 Å². The van der Waals surface area contributed by atoms with Crippen molar-refractivity contribution in [3.05, 3.63) is 0 Å². The highest BCUT2D eigenvalue weighted by Gasteiger charge is 2.25. The van der Waals surface area contributed by atoms with E-state index in [1.807, 2.05) is 6.07 Å². The molecule has 0 aliphatic heterocycles. The van der Waals surface area contributed by atoms with Gasteiger partial charge in [0.1, 0.15) is 0 Å². The van der Waals surface area contributed by atoms with Crippen LogP contribution in [0, 0.1) is 23.2 Å². The molecule has 0 bridgehead atoms. The molecule has 0 aliphatic rings. The molecule has 2 unspecified atom stereocenters. The largest absolute Gasteiger partial charge is 0.481 e. The van der Waals surface area contributed by atoms with E-state index in [1.54, 1.807) is 6.92 Å². The number of rotatable bonds is 5. The predicted molar refractivity (Wildman–Crippen MR) is 49.2 cm³/mol. The zero-order chi connectivity index (χ0) is 11.1. The maximum Gasteiger partial charge on any atom is 0.307 e. The summed E-state index contributed by atoms with van der Waals surface area (Å²) < 4.78 is 0. The third-order valence-electron chi connectivity index (χ3n) is 2.09. The summed E-state index contributed by atoms with van der Waals surface area (Å²) in [4.78, 5) is 21.8. The Kier molecular flexibility index (Phi) is 5.30. The van der Waals surface area contributed by atoms with Crippen molar-refractivity contribution in [1.82, 2.24) is 5.32 Å². The van der Waals surface area contributed by atoms with Gasteiger partial charge in [0, 0.05) is 12.5 Å². The number of nitriles is 1. The highest BCUT2D eigenvalue weighted by atomic mass is 16.4. The SMILES string of the molecule is CC(C(=O)O)C(C)C(=O)NCCC#N. The van der Waals surface area contributed by atoms with Gasteiger partial charge in [-0.1, -0.05) is 13.8 Å². The van der Waals surface area contributed by atoms with Crippen LogP contribution in [0.2, 0.25) is 0 Å². The van der Waals surface area contributed by atoms with Crippen LogP contribution in [0.15, 0.2) is 0 Å². The van der Waals surface area contributed by atoms with Crippen molar-refractivity contribution < 1.29 is 14.7 Å². The van der Waals surface area contributed by atoms with Crippen LogP contribution in [0.25, 0.3) is 0 Å². The number of hydrogen-bond acceptors (Lipinski definition) is 3. The van der Waals surface area contributed by atoms with Gasteiger partial charge >= 0.3 is 5.97 Å². The second-order valence-electron chi connectivity index (χ2n) is 3.11. The summed E-state index contributed by atoms with van der Waals surface area (Å²) in [5.74, 6) is -2.61. The Morgan fingerprint density at radius 2 is 2.00 bits per heavy atom. The fraction of sp³-hybridized carbons (Fsp3) is 0.667. The Morgan fingerprint density at radius 3 is 2.43 bits per heavy atom. The minimum atomic E-state index is -0.993. The van der Waals surface area contributed by atoms with Crippen LogP contribution in [-0.2, 0) is 9.59 Å². The van der Waals surface area contributed by atoms with E-state index in [0.29, 0.717) is 0 Å². The number of nitrogens with zero attached hydrogens (tertiary/aromatic N) is 1. The molecule has 0 fully saturated rings. The van der Waals surface area contributed by atoms with Gasteiger partial charge < -0.3 is 10.4 Å². The summed E-state index contributed by atoms with van der Waals surface area (Å²) in [6.45, 7) is 3.31. The van der Waals surface area contributed by atoms with Crippen molar-refractivity contribution in [2.45, 2.75) is 20.3 Å². The van der Waals surface area contributed by atoms with Gasteiger partial charge in [-0.2, -0.15) is 5.26 Å². The molecule has 2 N–H and O–H groups in total. The van der Waals surface area contributed by atoms with Gasteiger partial charge in [-0.15, -0.1) is 0 Å². The lowest BCUT2D eigenvalue weighted by molar-refractivity contribution is -0.146. The minimum Gasteiger partial charge on any atom is -0.481 e. The molecule has 78 valence electrons. The van der Waals surface area contributed by atoms with Crippen molar-refractivity contribution in [2.24, 2.45) is 11.8 Å². The zero-order valence-corrected chi connectivity index (χ0v) is 8.28. The summed E-state index contributed by atoms with van der Waals surface area (Å²) >= 11 is 0. The molecule has 0 rings (SSSR count). The zero-order valence-electron chi connectivity index (χ0n) is 8.28. The van der Waals surface area contributed by atoms with E-state index < -0.39 is 17.8 Å². The fourth-order valence-corrected chi connectivity index (χ4v) is 0.844. The van der Waals surface area contributed by atoms with Crippen molar-refractivity contribution in [1.29, 1.82) is 5.26 Å². The molecule has 0 aromatic heterocycles. The molecular formula is C9H14N2O3. The summed E-state index contributed by atoms with van der Waals surface area (Å²) in [5, 5.41) is 19.4. The highest BCUT2D eigenvalue weighted by Crippen LogP contribution is 2.10. The van der Waals surface area contributed by atoms with E-state index in [9.17, 15) is 9.59 Å². The summed E-state index contributed by atoms with van der Waals surface area (Å²) in [6.07, 6.45) is 0.236. The third-order valence-corrected chi connectivity index (χ3v) is 2.09. The van der Waals surface area contributed by atoms with Gasteiger partial charge in [-0.25, -0.2) is 0 Å². The fourth-order valence-electron chi connectivity index (χ4n) is 0.844. The Labute approximate surface area is 82.7 Å². The van der Waals surface area contributed by atoms with Crippen LogP contribution in [0.5, 0.6) is 0 Å². The van der Waals surface area contributed by atoms with E-state index >= 15 is 0 Å². The Hall–Kier alpha value is -1.57. The number of nitrogens with one attached hydrogen (secondary N) is 1. The maximum atomic E-state index is 11.3. The van der Waals surface area contributed by atoms with Crippen LogP contribution in [-0.4, -0.2) is 23.5 Å². The Morgan fingerprint density at radius 1 is 1.43 bits per heavy atom. The van der Waals surface area contributed by atoms with E-state index in [0.717, 1.165) is 0 Å². The minimum absolute atomic E-state index is 0.236. The van der Waals surface area contributed by atoms with Crippen molar-refractivity contribution >= 4 is 11.9 Å². The van der Waals surface area contributed by atoms with Crippen LogP contribution in [0.3, 0.4) is 0 Å². The summed E-state index contributed by atoms with van der Waals surface area (Å²) in [6, 6.07) is 1.88. The molecule has 5 heteroatoms. The molecule has 0 heterocycles. The molecule has 0 radical (unpaired) electrons. The van der Waals surface area contributed by atoms with Crippen LogP contribution in [0.4, 0.5) is 0 Å². The van der Waals surface area contributed by atoms with E-state index in [1.165, 1.54) is 6.92 Å². The monoisotopic (exact) mass is 198 g/mol. The van der Waals surface area contributed by atoms with Crippen LogP contribution < -0.4 is 5.32 Å². The molecule has 0 aromatic carbocycles. The first-order chi connectivity index (χ1) is 6.50. The third kappa shape index (κ3) is 3.90. The van der Waals surface area contributed by atoms with Crippen LogP contribution in [0.1, 0.15) is 20.3 Å². The molecule has 2 atom stereocenters. The first-order valence-electron chi connectivity index (χ1n) is 4.38. The van der Waals surface area contributed by atoms with Gasteiger partial charge in [0.05, 0.1) is 18.4 Å². The molecule has 0 aliphatic carbocycles. The lowest BCUT2D eigenvalue weighted by atomic mass is 9.95. The summed E-state index contributed by atoms with van der Waals surface area (Å²) in [7, 11) is 0. The molecule has 0 spiro atoms. The van der Waals surface area contributed by atoms with Crippen LogP contribution >= 0.6 is 0 Å². The first kappa shape index (κ1) is 12.4. The van der Waals surface area contributed by atoms with Gasteiger partial charge in [0.25, 0.3) is 0 Å². The molecular weight excluding hydrogens is 184 g/mol. The summed E-state index contributed by atoms with van der Waals surface area (Å²) in [5.41, 5.74) is 0. The number of carboxylic acids is 1. The maximum absolute atomic E-state index is 11.3. The van der Waals surface area contributed by atoms with E-state index in [2.05, 4.69) is 5.32 Å². The molecule has 0 saturated carbocycles. The highest BCUT2D eigenvalue weighted by molar-refractivity contribution is 5.84. The van der Waals surface area contributed by atoms with E-state index in [-0.39, 0.29) is 18.9 Å².